The summed E-state index contributed by atoms with van der Waals surface area (Å²) in [6, 6.07) is 0. The van der Waals surface area contributed by atoms with Crippen LogP contribution in [0.3, 0.4) is 0 Å². The SMILES string of the molecule is I/C=C/[CH]C1CCCCC1. The van der Waals surface area contributed by atoms with E-state index < -0.39 is 0 Å². The van der Waals surface area contributed by atoms with Gasteiger partial charge in [-0.05, 0) is 29.3 Å². The maximum atomic E-state index is 2.35. The molecular weight excluding hydrogens is 235 g/mol. The molecule has 0 aliphatic heterocycles. The molecule has 0 aromatic rings. The Morgan fingerprint density at radius 3 is 2.40 bits per heavy atom. The predicted octanol–water partition coefficient (Wildman–Crippen LogP) is 3.72. The molecule has 1 saturated carbocycles. The molecule has 0 aromatic carbocycles. The minimum atomic E-state index is 0.889. The van der Waals surface area contributed by atoms with Crippen molar-refractivity contribution in [3.8, 4) is 0 Å². The van der Waals surface area contributed by atoms with E-state index in [4.69, 9.17) is 0 Å². The lowest BCUT2D eigenvalue weighted by molar-refractivity contribution is 0.405. The maximum Gasteiger partial charge on any atom is -0.0132 e. The van der Waals surface area contributed by atoms with Gasteiger partial charge in [0.05, 0.1) is 0 Å². The molecule has 1 aliphatic carbocycles. The maximum absolute atomic E-state index is 2.35. The van der Waals surface area contributed by atoms with Gasteiger partial charge in [0.15, 0.2) is 0 Å². The van der Waals surface area contributed by atoms with Crippen molar-refractivity contribution < 1.29 is 0 Å². The van der Waals surface area contributed by atoms with E-state index in [1.54, 1.807) is 0 Å². The smallest absolute Gasteiger partial charge is 0.0132 e. The van der Waals surface area contributed by atoms with Crippen LogP contribution in [0.4, 0.5) is 0 Å². The van der Waals surface area contributed by atoms with E-state index in [0.717, 1.165) is 5.92 Å². The van der Waals surface area contributed by atoms with Crippen LogP contribution in [0, 0.1) is 12.3 Å². The predicted molar refractivity (Wildman–Crippen MR) is 54.0 cm³/mol. The third-order valence-corrected chi connectivity index (χ3v) is 2.52. The van der Waals surface area contributed by atoms with Crippen LogP contribution in [0.25, 0.3) is 0 Å². The lowest BCUT2D eigenvalue weighted by Gasteiger charge is -2.19. The van der Waals surface area contributed by atoms with Gasteiger partial charge < -0.3 is 0 Å². The van der Waals surface area contributed by atoms with E-state index >= 15 is 0 Å². The van der Waals surface area contributed by atoms with Crippen LogP contribution in [-0.2, 0) is 0 Å². The molecule has 0 unspecified atom stereocenters. The number of allylic oxidation sites excluding steroid dienone is 1. The van der Waals surface area contributed by atoms with E-state index in [0.29, 0.717) is 0 Å². The summed E-state index contributed by atoms with van der Waals surface area (Å²) in [5.74, 6) is 0.889. The summed E-state index contributed by atoms with van der Waals surface area (Å²) in [4.78, 5) is 0. The molecule has 0 spiro atoms. The molecule has 0 atom stereocenters. The van der Waals surface area contributed by atoms with E-state index in [9.17, 15) is 0 Å². The third-order valence-electron chi connectivity index (χ3n) is 2.11. The summed E-state index contributed by atoms with van der Waals surface area (Å²) in [7, 11) is 0. The molecule has 0 heterocycles. The molecule has 0 aromatic heterocycles. The summed E-state index contributed by atoms with van der Waals surface area (Å²) in [5, 5.41) is 0. The van der Waals surface area contributed by atoms with E-state index in [1.165, 1.54) is 32.1 Å². The second-order valence-corrected chi connectivity index (χ2v) is 3.63. The molecule has 0 nitrogen and oxygen atoms in total. The van der Waals surface area contributed by atoms with Crippen LogP contribution >= 0.6 is 22.6 Å². The van der Waals surface area contributed by atoms with Crippen LogP contribution in [0.1, 0.15) is 32.1 Å². The van der Waals surface area contributed by atoms with Crippen molar-refractivity contribution in [1.29, 1.82) is 0 Å². The lowest BCUT2D eigenvalue weighted by atomic mass is 9.87. The highest BCUT2D eigenvalue weighted by Crippen LogP contribution is 2.25. The monoisotopic (exact) mass is 249 g/mol. The Kier molecular flexibility index (Phi) is 4.42. The minimum absolute atomic E-state index is 0.889. The summed E-state index contributed by atoms with van der Waals surface area (Å²) < 4.78 is 2.09. The Labute approximate surface area is 77.2 Å². The average molecular weight is 249 g/mol. The highest BCUT2D eigenvalue weighted by atomic mass is 127. The Balaban J connectivity index is 2.13. The average Bonchev–Trinajstić information content (AvgIpc) is 2.03. The molecule has 1 aliphatic rings. The fraction of sp³-hybridized carbons (Fsp3) is 0.667. The first kappa shape index (κ1) is 8.57. The molecule has 1 fully saturated rings. The van der Waals surface area contributed by atoms with Gasteiger partial charge in [-0.25, -0.2) is 0 Å². The molecule has 0 amide bonds. The minimum Gasteiger partial charge on any atom is -0.0745 e. The largest absolute Gasteiger partial charge is 0.0745 e. The fourth-order valence-corrected chi connectivity index (χ4v) is 1.77. The van der Waals surface area contributed by atoms with Gasteiger partial charge in [-0.3, -0.25) is 0 Å². The third kappa shape index (κ3) is 3.04. The molecule has 57 valence electrons. The molecule has 0 saturated heterocycles. The first-order chi connectivity index (χ1) is 4.93. The number of rotatable bonds is 2. The van der Waals surface area contributed by atoms with Crippen molar-refractivity contribution in [3.63, 3.8) is 0 Å². The van der Waals surface area contributed by atoms with Gasteiger partial charge in [0.25, 0.3) is 0 Å². The van der Waals surface area contributed by atoms with Crippen LogP contribution in [0.5, 0.6) is 0 Å². The van der Waals surface area contributed by atoms with Crippen molar-refractivity contribution in [1.82, 2.24) is 0 Å². The summed E-state index contributed by atoms with van der Waals surface area (Å²) in [5.41, 5.74) is 0. The van der Waals surface area contributed by atoms with Gasteiger partial charge >= 0.3 is 0 Å². The van der Waals surface area contributed by atoms with E-state index in [-0.39, 0.29) is 0 Å². The molecule has 1 radical (unpaired) electrons. The summed E-state index contributed by atoms with van der Waals surface area (Å²) >= 11 is 2.27. The zero-order chi connectivity index (χ0) is 7.23. The second kappa shape index (κ2) is 5.16. The first-order valence-electron chi connectivity index (χ1n) is 4.03. The van der Waals surface area contributed by atoms with Crippen molar-refractivity contribution in [2.45, 2.75) is 32.1 Å². The topological polar surface area (TPSA) is 0 Å². The van der Waals surface area contributed by atoms with Gasteiger partial charge in [-0.1, -0.05) is 47.9 Å². The number of halogens is 1. The van der Waals surface area contributed by atoms with Crippen LogP contribution < -0.4 is 0 Å². The highest BCUT2D eigenvalue weighted by molar-refractivity contribution is 14.1. The van der Waals surface area contributed by atoms with Crippen molar-refractivity contribution in [2.75, 3.05) is 0 Å². The molecule has 1 heteroatoms. The molecule has 1 rings (SSSR count). The fourth-order valence-electron chi connectivity index (χ4n) is 1.53. The number of hydrogen-bond donors (Lipinski definition) is 0. The molecular formula is C9H14I. The van der Waals surface area contributed by atoms with Crippen LogP contribution in [0.2, 0.25) is 0 Å². The van der Waals surface area contributed by atoms with E-state index in [2.05, 4.69) is 39.2 Å². The van der Waals surface area contributed by atoms with Gasteiger partial charge in [0.1, 0.15) is 0 Å². The molecule has 10 heavy (non-hydrogen) atoms. The van der Waals surface area contributed by atoms with Crippen molar-refractivity contribution in [2.24, 2.45) is 5.92 Å². The second-order valence-electron chi connectivity index (χ2n) is 2.91. The van der Waals surface area contributed by atoms with Gasteiger partial charge in [-0.2, -0.15) is 0 Å². The first-order valence-corrected chi connectivity index (χ1v) is 5.28. The van der Waals surface area contributed by atoms with Gasteiger partial charge in [0, 0.05) is 0 Å². The zero-order valence-corrected chi connectivity index (χ0v) is 8.38. The van der Waals surface area contributed by atoms with Crippen LogP contribution in [-0.4, -0.2) is 0 Å². The quantitative estimate of drug-likeness (QED) is 0.654. The Bertz CT molecular complexity index is 101. The Morgan fingerprint density at radius 2 is 1.80 bits per heavy atom. The number of hydrogen-bond acceptors (Lipinski definition) is 0. The highest BCUT2D eigenvalue weighted by Gasteiger charge is 2.10. The van der Waals surface area contributed by atoms with Gasteiger partial charge in [0.2, 0.25) is 0 Å². The molecule has 0 N–H and O–H groups in total. The van der Waals surface area contributed by atoms with Crippen molar-refractivity contribution in [3.05, 3.63) is 16.6 Å². The lowest BCUT2D eigenvalue weighted by Crippen LogP contribution is -2.04. The standard InChI is InChI=1S/C9H14I/c10-8-4-7-9-5-2-1-3-6-9/h4,7-9H,1-3,5-6H2/b8-4+. The normalized spacial score (nSPS) is 22.1. The summed E-state index contributed by atoms with van der Waals surface area (Å²) in [6.07, 6.45) is 11.7. The van der Waals surface area contributed by atoms with E-state index in [1.807, 2.05) is 0 Å². The molecule has 0 bridgehead atoms. The Hall–Kier alpha value is 0.470. The zero-order valence-electron chi connectivity index (χ0n) is 6.22. The summed E-state index contributed by atoms with van der Waals surface area (Å²) in [6.45, 7) is 0. The van der Waals surface area contributed by atoms with Crippen LogP contribution in [0.15, 0.2) is 10.2 Å². The van der Waals surface area contributed by atoms with Gasteiger partial charge in [-0.15, -0.1) is 0 Å². The van der Waals surface area contributed by atoms with Crippen molar-refractivity contribution >= 4 is 22.6 Å². The Morgan fingerprint density at radius 1 is 1.10 bits per heavy atom.